The van der Waals surface area contributed by atoms with Gasteiger partial charge in [0.1, 0.15) is 13.2 Å². The number of carbonyl (C=O) groups is 3. The molecule has 0 unspecified atom stereocenters. The highest BCUT2D eigenvalue weighted by molar-refractivity contribution is 5.71. The van der Waals surface area contributed by atoms with Crippen molar-refractivity contribution < 1.29 is 28.6 Å². The Morgan fingerprint density at radius 1 is 0.292 bits per heavy atom. The third kappa shape index (κ3) is 53.2. The van der Waals surface area contributed by atoms with Crippen molar-refractivity contribution in [3.63, 3.8) is 0 Å². The summed E-state index contributed by atoms with van der Waals surface area (Å²) in [5.74, 6) is 0.00891. The first-order chi connectivity index (χ1) is 31.9. The summed E-state index contributed by atoms with van der Waals surface area (Å²) in [6.07, 6.45) is 58.1. The van der Waals surface area contributed by atoms with Crippen LogP contribution in [-0.4, -0.2) is 37.2 Å². The van der Waals surface area contributed by atoms with Crippen LogP contribution in [0.3, 0.4) is 0 Å². The average molecular weight is 920 g/mol. The summed E-state index contributed by atoms with van der Waals surface area (Å²) < 4.78 is 16.9. The highest BCUT2D eigenvalue weighted by Crippen LogP contribution is 2.18. The van der Waals surface area contributed by atoms with Crippen LogP contribution in [0.1, 0.15) is 336 Å². The number of esters is 3. The highest BCUT2D eigenvalue weighted by atomic mass is 16.6. The topological polar surface area (TPSA) is 78.9 Å². The molecule has 6 heteroatoms. The van der Waals surface area contributed by atoms with Crippen molar-refractivity contribution in [2.45, 2.75) is 342 Å². The number of hydrogen-bond acceptors (Lipinski definition) is 6. The molecule has 0 aliphatic rings. The second kappa shape index (κ2) is 53.4. The summed E-state index contributed by atoms with van der Waals surface area (Å²) >= 11 is 0. The first-order valence-corrected chi connectivity index (χ1v) is 29.4. The van der Waals surface area contributed by atoms with Gasteiger partial charge < -0.3 is 14.2 Å². The average Bonchev–Trinajstić information content (AvgIpc) is 3.29. The molecule has 0 amide bonds. The largest absolute Gasteiger partial charge is 0.462 e. The fourth-order valence-corrected chi connectivity index (χ4v) is 9.10. The van der Waals surface area contributed by atoms with Crippen molar-refractivity contribution in [2.75, 3.05) is 13.2 Å². The molecule has 0 aliphatic carbocycles. The summed E-state index contributed by atoms with van der Waals surface area (Å²) in [7, 11) is 0. The Hall–Kier alpha value is -1.59. The number of rotatable bonds is 54. The van der Waals surface area contributed by atoms with E-state index in [2.05, 4.69) is 27.7 Å². The molecule has 6 nitrogen and oxygen atoms in total. The van der Waals surface area contributed by atoms with E-state index in [4.69, 9.17) is 14.2 Å². The maximum Gasteiger partial charge on any atom is 0.306 e. The minimum Gasteiger partial charge on any atom is -0.462 e. The summed E-state index contributed by atoms with van der Waals surface area (Å²) in [6.45, 7) is 9.07. The number of ether oxygens (including phenoxy) is 3. The predicted molar refractivity (Wildman–Crippen MR) is 280 cm³/mol. The Kier molecular flexibility index (Phi) is 52.1. The Balaban J connectivity index is 4.27. The monoisotopic (exact) mass is 919 g/mol. The molecule has 0 spiro atoms. The van der Waals surface area contributed by atoms with Gasteiger partial charge in [0.15, 0.2) is 6.10 Å². The lowest BCUT2D eigenvalue weighted by Gasteiger charge is -2.18. The molecule has 0 heterocycles. The maximum absolute atomic E-state index is 12.9. The zero-order valence-electron chi connectivity index (χ0n) is 44.5. The lowest BCUT2D eigenvalue weighted by atomic mass is 10.0. The number of unbranched alkanes of at least 4 members (excludes halogenated alkanes) is 41. The van der Waals surface area contributed by atoms with Gasteiger partial charge in [-0.1, -0.05) is 297 Å². The maximum atomic E-state index is 12.9. The number of carbonyl (C=O) groups excluding carboxylic acids is 3. The van der Waals surface area contributed by atoms with Crippen molar-refractivity contribution in [1.29, 1.82) is 0 Å². The molecule has 0 N–H and O–H groups in total. The predicted octanol–water partition coefficient (Wildman–Crippen LogP) is 19.4. The van der Waals surface area contributed by atoms with Gasteiger partial charge in [-0.25, -0.2) is 0 Å². The first kappa shape index (κ1) is 63.4. The third-order valence-corrected chi connectivity index (χ3v) is 13.5. The van der Waals surface area contributed by atoms with Gasteiger partial charge >= 0.3 is 17.9 Å². The standard InChI is InChI=1S/C59H114O6/c1-5-7-9-11-13-15-17-19-20-21-22-23-27-31-35-39-43-47-51-58(61)64-54-56(53-63-57(60)50-46-42-38-34-30-18-16-14-12-10-8-6-2)65-59(62)52-48-44-40-36-32-28-25-24-26-29-33-37-41-45-49-55(3)4/h55-56H,5-54H2,1-4H3/t56-/m1/s1. The zero-order chi connectivity index (χ0) is 47.4. The van der Waals surface area contributed by atoms with Crippen molar-refractivity contribution in [3.8, 4) is 0 Å². The molecule has 386 valence electrons. The summed E-state index contributed by atoms with van der Waals surface area (Å²) in [5, 5.41) is 0. The van der Waals surface area contributed by atoms with Gasteiger partial charge in [0, 0.05) is 19.3 Å². The van der Waals surface area contributed by atoms with Crippen LogP contribution in [0, 0.1) is 5.92 Å². The molecule has 0 fully saturated rings. The van der Waals surface area contributed by atoms with E-state index < -0.39 is 6.10 Å². The van der Waals surface area contributed by atoms with Crippen molar-refractivity contribution in [1.82, 2.24) is 0 Å². The first-order valence-electron chi connectivity index (χ1n) is 29.4. The van der Waals surface area contributed by atoms with E-state index in [9.17, 15) is 14.4 Å². The van der Waals surface area contributed by atoms with Crippen LogP contribution < -0.4 is 0 Å². The molecule has 1 atom stereocenters. The van der Waals surface area contributed by atoms with E-state index in [1.807, 2.05) is 0 Å². The van der Waals surface area contributed by atoms with Crippen LogP contribution in [0.15, 0.2) is 0 Å². The van der Waals surface area contributed by atoms with Crippen LogP contribution in [0.25, 0.3) is 0 Å². The molecule has 0 rings (SSSR count). The fourth-order valence-electron chi connectivity index (χ4n) is 9.10. The molecule has 0 aromatic carbocycles. The van der Waals surface area contributed by atoms with Crippen LogP contribution in [-0.2, 0) is 28.6 Å². The Labute approximate surface area is 406 Å². The van der Waals surface area contributed by atoms with E-state index in [0.29, 0.717) is 19.3 Å². The molecular weight excluding hydrogens is 805 g/mol. The van der Waals surface area contributed by atoms with Gasteiger partial charge in [0.25, 0.3) is 0 Å². The smallest absolute Gasteiger partial charge is 0.306 e. The highest BCUT2D eigenvalue weighted by Gasteiger charge is 2.19. The van der Waals surface area contributed by atoms with Gasteiger partial charge in [-0.05, 0) is 25.2 Å². The second-order valence-electron chi connectivity index (χ2n) is 20.8. The van der Waals surface area contributed by atoms with Gasteiger partial charge in [0.2, 0.25) is 0 Å². The Morgan fingerprint density at radius 3 is 0.754 bits per heavy atom. The molecule has 0 saturated heterocycles. The SMILES string of the molecule is CCCCCCCCCCCCCCCCCCCCC(=O)OC[C@@H](COC(=O)CCCCCCCCCCCCCC)OC(=O)CCCCCCCCCCCCCCCCC(C)C. The van der Waals surface area contributed by atoms with E-state index in [-0.39, 0.29) is 31.1 Å². The molecule has 0 bridgehead atoms. The third-order valence-electron chi connectivity index (χ3n) is 13.5. The lowest BCUT2D eigenvalue weighted by molar-refractivity contribution is -0.167. The van der Waals surface area contributed by atoms with Gasteiger partial charge in [0.05, 0.1) is 0 Å². The minimum absolute atomic E-state index is 0.0617. The van der Waals surface area contributed by atoms with E-state index >= 15 is 0 Å². The van der Waals surface area contributed by atoms with Crippen LogP contribution in [0.5, 0.6) is 0 Å². The lowest BCUT2D eigenvalue weighted by Crippen LogP contribution is -2.30. The quantitative estimate of drug-likeness (QED) is 0.0344. The fraction of sp³-hybridized carbons (Fsp3) is 0.949. The normalized spacial score (nSPS) is 12.0. The van der Waals surface area contributed by atoms with Crippen molar-refractivity contribution in [3.05, 3.63) is 0 Å². The Bertz CT molecular complexity index is 980. The number of hydrogen-bond donors (Lipinski definition) is 0. The van der Waals surface area contributed by atoms with Gasteiger partial charge in [-0.15, -0.1) is 0 Å². The minimum atomic E-state index is -0.762. The molecular formula is C59H114O6. The molecule has 65 heavy (non-hydrogen) atoms. The van der Waals surface area contributed by atoms with Crippen LogP contribution in [0.2, 0.25) is 0 Å². The summed E-state index contributed by atoms with van der Waals surface area (Å²) in [4.78, 5) is 38.1. The summed E-state index contributed by atoms with van der Waals surface area (Å²) in [6, 6.07) is 0. The summed E-state index contributed by atoms with van der Waals surface area (Å²) in [5.41, 5.74) is 0. The van der Waals surface area contributed by atoms with Crippen molar-refractivity contribution in [2.24, 2.45) is 5.92 Å². The van der Waals surface area contributed by atoms with E-state index in [0.717, 1.165) is 63.7 Å². The van der Waals surface area contributed by atoms with Crippen LogP contribution in [0.4, 0.5) is 0 Å². The Morgan fingerprint density at radius 2 is 0.508 bits per heavy atom. The van der Waals surface area contributed by atoms with Gasteiger partial charge in [-0.3, -0.25) is 14.4 Å². The zero-order valence-corrected chi connectivity index (χ0v) is 44.5. The molecule has 0 aromatic rings. The second-order valence-corrected chi connectivity index (χ2v) is 20.8. The van der Waals surface area contributed by atoms with E-state index in [1.165, 1.54) is 231 Å². The van der Waals surface area contributed by atoms with Gasteiger partial charge in [-0.2, -0.15) is 0 Å². The van der Waals surface area contributed by atoms with Crippen LogP contribution >= 0.6 is 0 Å². The molecule has 0 radical (unpaired) electrons. The molecule has 0 aromatic heterocycles. The van der Waals surface area contributed by atoms with E-state index in [1.54, 1.807) is 0 Å². The molecule has 0 aliphatic heterocycles. The van der Waals surface area contributed by atoms with Crippen molar-refractivity contribution >= 4 is 17.9 Å². The molecule has 0 saturated carbocycles.